The van der Waals surface area contributed by atoms with E-state index >= 15 is 0 Å². The van der Waals surface area contributed by atoms with E-state index in [1.165, 1.54) is 0 Å². The van der Waals surface area contributed by atoms with E-state index in [9.17, 15) is 14.9 Å². The Morgan fingerprint density at radius 2 is 1.83 bits per heavy atom. The number of carbonyl (C=O) groups excluding carboxylic acids is 1. The Morgan fingerprint density at radius 1 is 1.28 bits per heavy atom. The van der Waals surface area contributed by atoms with Crippen LogP contribution in [0.2, 0.25) is 0 Å². The van der Waals surface area contributed by atoms with Crippen LogP contribution in [0.4, 0.5) is 0 Å². The molecule has 0 saturated carbocycles. The van der Waals surface area contributed by atoms with Gasteiger partial charge in [-0.15, -0.1) is 0 Å². The summed E-state index contributed by atoms with van der Waals surface area (Å²) in [5, 5.41) is 10.7. The third-order valence-electron chi connectivity index (χ3n) is 2.91. The molecule has 4 nitrogen and oxygen atoms in total. The van der Waals surface area contributed by atoms with Crippen molar-refractivity contribution >= 4 is 5.78 Å². The standard InChI is InChI=1S/C14H19NO3/c1-14(2,3)13(16)9-12(10-15(17)18)11-7-5-4-6-8-11/h4-8,12H,9-10H2,1-3H3. The van der Waals surface area contributed by atoms with Gasteiger partial charge in [0.1, 0.15) is 5.78 Å². The van der Waals surface area contributed by atoms with Crippen molar-refractivity contribution in [2.45, 2.75) is 33.1 Å². The minimum atomic E-state index is -0.455. The quantitative estimate of drug-likeness (QED) is 0.595. The zero-order valence-electron chi connectivity index (χ0n) is 11.1. The van der Waals surface area contributed by atoms with Crippen LogP contribution in [0, 0.1) is 15.5 Å². The van der Waals surface area contributed by atoms with Crippen molar-refractivity contribution in [1.82, 2.24) is 0 Å². The van der Waals surface area contributed by atoms with Crippen LogP contribution in [0.3, 0.4) is 0 Å². The number of nitro groups is 1. The highest BCUT2D eigenvalue weighted by Crippen LogP contribution is 2.26. The fraction of sp³-hybridized carbons (Fsp3) is 0.500. The highest BCUT2D eigenvalue weighted by molar-refractivity contribution is 5.84. The normalized spacial score (nSPS) is 13.1. The maximum atomic E-state index is 12.0. The number of benzene rings is 1. The van der Waals surface area contributed by atoms with Crippen molar-refractivity contribution in [2.24, 2.45) is 5.41 Å². The summed E-state index contributed by atoms with van der Waals surface area (Å²) in [4.78, 5) is 22.4. The molecule has 1 aromatic carbocycles. The molecular formula is C14H19NO3. The van der Waals surface area contributed by atoms with Crippen LogP contribution in [0.5, 0.6) is 0 Å². The van der Waals surface area contributed by atoms with Gasteiger partial charge in [-0.1, -0.05) is 51.1 Å². The van der Waals surface area contributed by atoms with Gasteiger partial charge in [-0.2, -0.15) is 0 Å². The number of ketones is 1. The summed E-state index contributed by atoms with van der Waals surface area (Å²) in [7, 11) is 0. The second-order valence-electron chi connectivity index (χ2n) is 5.50. The van der Waals surface area contributed by atoms with Gasteiger partial charge in [0.05, 0.1) is 5.92 Å². The molecule has 18 heavy (non-hydrogen) atoms. The molecule has 1 rings (SSSR count). The highest BCUT2D eigenvalue weighted by atomic mass is 16.6. The highest BCUT2D eigenvalue weighted by Gasteiger charge is 2.27. The molecule has 0 N–H and O–H groups in total. The van der Waals surface area contributed by atoms with Crippen molar-refractivity contribution in [3.05, 3.63) is 46.0 Å². The van der Waals surface area contributed by atoms with Gasteiger partial charge in [0.15, 0.2) is 0 Å². The summed E-state index contributed by atoms with van der Waals surface area (Å²) in [6.07, 6.45) is 0.217. The topological polar surface area (TPSA) is 60.2 Å². The van der Waals surface area contributed by atoms with E-state index in [1.807, 2.05) is 51.1 Å². The lowest BCUT2D eigenvalue weighted by molar-refractivity contribution is -0.483. The summed E-state index contributed by atoms with van der Waals surface area (Å²) in [6.45, 7) is 5.31. The SMILES string of the molecule is CC(C)(C)C(=O)CC(C[N+](=O)[O-])c1ccccc1. The predicted molar refractivity (Wildman–Crippen MR) is 70.1 cm³/mol. The number of Topliss-reactive ketones (excluding diaryl/α,β-unsaturated/α-hetero) is 1. The smallest absolute Gasteiger partial charge is 0.211 e. The maximum absolute atomic E-state index is 12.0. The van der Waals surface area contributed by atoms with Crippen LogP contribution in [-0.2, 0) is 4.79 Å². The molecule has 0 radical (unpaired) electrons. The average Bonchev–Trinajstić information content (AvgIpc) is 2.27. The minimum Gasteiger partial charge on any atom is -0.299 e. The maximum Gasteiger partial charge on any atom is 0.211 e. The zero-order chi connectivity index (χ0) is 13.8. The molecule has 1 atom stereocenters. The predicted octanol–water partition coefficient (Wildman–Crippen LogP) is 3.05. The van der Waals surface area contributed by atoms with E-state index in [0.29, 0.717) is 0 Å². The van der Waals surface area contributed by atoms with E-state index < -0.39 is 5.41 Å². The Hall–Kier alpha value is -1.71. The summed E-state index contributed by atoms with van der Waals surface area (Å²) in [6, 6.07) is 9.21. The fourth-order valence-corrected chi connectivity index (χ4v) is 1.72. The van der Waals surface area contributed by atoms with Gasteiger partial charge < -0.3 is 0 Å². The summed E-state index contributed by atoms with van der Waals surface area (Å²) >= 11 is 0. The molecular weight excluding hydrogens is 230 g/mol. The first-order valence-corrected chi connectivity index (χ1v) is 6.00. The number of nitrogens with zero attached hydrogens (tertiary/aromatic N) is 1. The molecule has 4 heteroatoms. The van der Waals surface area contributed by atoms with E-state index in [4.69, 9.17) is 0 Å². The second kappa shape index (κ2) is 5.76. The molecule has 0 spiro atoms. The van der Waals surface area contributed by atoms with Crippen LogP contribution in [0.15, 0.2) is 30.3 Å². The number of rotatable bonds is 5. The molecule has 0 heterocycles. The molecule has 0 amide bonds. The summed E-state index contributed by atoms with van der Waals surface area (Å²) in [5.74, 6) is -0.286. The second-order valence-corrected chi connectivity index (χ2v) is 5.50. The van der Waals surface area contributed by atoms with Gasteiger partial charge in [-0.3, -0.25) is 14.9 Å². The van der Waals surface area contributed by atoms with Crippen LogP contribution in [-0.4, -0.2) is 17.3 Å². The van der Waals surface area contributed by atoms with Gasteiger partial charge >= 0.3 is 0 Å². The minimum absolute atomic E-state index is 0.0539. The number of hydrogen-bond donors (Lipinski definition) is 0. The first-order valence-electron chi connectivity index (χ1n) is 6.00. The molecule has 1 aromatic rings. The Labute approximate surface area is 107 Å². The van der Waals surface area contributed by atoms with Crippen molar-refractivity contribution in [3.8, 4) is 0 Å². The number of hydrogen-bond acceptors (Lipinski definition) is 3. The zero-order valence-corrected chi connectivity index (χ0v) is 11.1. The lowest BCUT2D eigenvalue weighted by atomic mass is 9.83. The molecule has 1 unspecified atom stereocenters. The van der Waals surface area contributed by atoms with Gasteiger partial charge in [0, 0.05) is 16.8 Å². The molecule has 0 aliphatic heterocycles. The van der Waals surface area contributed by atoms with Gasteiger partial charge in [0.25, 0.3) is 0 Å². The third-order valence-corrected chi connectivity index (χ3v) is 2.91. The Morgan fingerprint density at radius 3 is 2.28 bits per heavy atom. The Kier molecular flexibility index (Phi) is 4.59. The molecule has 98 valence electrons. The first kappa shape index (κ1) is 14.4. The molecule has 0 aliphatic rings. The molecule has 0 bridgehead atoms. The molecule has 0 aromatic heterocycles. The van der Waals surface area contributed by atoms with Crippen LogP contribution >= 0.6 is 0 Å². The lowest BCUT2D eigenvalue weighted by Gasteiger charge is -2.20. The first-order chi connectivity index (χ1) is 8.30. The van der Waals surface area contributed by atoms with Gasteiger partial charge in [0.2, 0.25) is 6.54 Å². The molecule has 0 saturated heterocycles. The Balaban J connectivity index is 2.87. The van der Waals surface area contributed by atoms with Gasteiger partial charge in [-0.25, -0.2) is 0 Å². The summed E-state index contributed by atoms with van der Waals surface area (Å²) in [5.41, 5.74) is 0.399. The summed E-state index contributed by atoms with van der Waals surface area (Å²) < 4.78 is 0. The third kappa shape index (κ3) is 4.28. The van der Waals surface area contributed by atoms with E-state index in [0.717, 1.165) is 5.56 Å². The van der Waals surface area contributed by atoms with Gasteiger partial charge in [-0.05, 0) is 5.56 Å². The van der Waals surface area contributed by atoms with Crippen LogP contribution in [0.25, 0.3) is 0 Å². The van der Waals surface area contributed by atoms with Crippen molar-refractivity contribution in [1.29, 1.82) is 0 Å². The van der Waals surface area contributed by atoms with Crippen molar-refractivity contribution < 1.29 is 9.72 Å². The van der Waals surface area contributed by atoms with Crippen LogP contribution in [0.1, 0.15) is 38.7 Å². The average molecular weight is 249 g/mol. The van der Waals surface area contributed by atoms with E-state index in [-0.39, 0.29) is 29.6 Å². The fourth-order valence-electron chi connectivity index (χ4n) is 1.72. The van der Waals surface area contributed by atoms with Crippen molar-refractivity contribution in [3.63, 3.8) is 0 Å². The number of carbonyl (C=O) groups is 1. The van der Waals surface area contributed by atoms with E-state index in [2.05, 4.69) is 0 Å². The van der Waals surface area contributed by atoms with E-state index in [1.54, 1.807) is 0 Å². The van der Waals surface area contributed by atoms with Crippen molar-refractivity contribution in [2.75, 3.05) is 6.54 Å². The Bertz CT molecular complexity index is 420. The molecule has 0 fully saturated rings. The largest absolute Gasteiger partial charge is 0.299 e. The van der Waals surface area contributed by atoms with Crippen LogP contribution < -0.4 is 0 Å². The monoisotopic (exact) mass is 249 g/mol. The molecule has 0 aliphatic carbocycles. The lowest BCUT2D eigenvalue weighted by Crippen LogP contribution is -2.25.